The van der Waals surface area contributed by atoms with Gasteiger partial charge < -0.3 is 18.6 Å². The molecule has 0 aliphatic carbocycles. The molecule has 32 heavy (non-hydrogen) atoms. The molecule has 4 rings (SSSR count). The first kappa shape index (κ1) is 21.7. The van der Waals surface area contributed by atoms with Gasteiger partial charge in [0.2, 0.25) is 0 Å². The standard InChI is InChI=1S/C24H24N2O5S/c1-15(2)31-17-9-7-16(8-10-17)23(27)26(14-18-6-5-13-30-18)24-25-21-19(28-3)11-12-20(29-4)22(21)32-24/h5-13,15H,14H2,1-4H3. The van der Waals surface area contributed by atoms with Crippen LogP contribution in [0.5, 0.6) is 17.2 Å². The van der Waals surface area contributed by atoms with Gasteiger partial charge in [-0.15, -0.1) is 0 Å². The van der Waals surface area contributed by atoms with Gasteiger partial charge in [0, 0.05) is 5.56 Å². The maximum absolute atomic E-state index is 13.5. The number of nitrogens with zero attached hydrogens (tertiary/aromatic N) is 2. The van der Waals surface area contributed by atoms with Crippen molar-refractivity contribution in [2.24, 2.45) is 0 Å². The highest BCUT2D eigenvalue weighted by Gasteiger charge is 2.25. The number of methoxy groups -OCH3 is 2. The van der Waals surface area contributed by atoms with Crippen molar-refractivity contribution < 1.29 is 23.4 Å². The maximum Gasteiger partial charge on any atom is 0.260 e. The molecule has 8 heteroatoms. The van der Waals surface area contributed by atoms with E-state index in [1.54, 1.807) is 61.8 Å². The van der Waals surface area contributed by atoms with Gasteiger partial charge in [-0.25, -0.2) is 4.98 Å². The SMILES string of the molecule is COc1ccc(OC)c2sc(N(Cc3ccco3)C(=O)c3ccc(OC(C)C)cc3)nc12. The van der Waals surface area contributed by atoms with Gasteiger partial charge in [-0.05, 0) is 62.4 Å². The number of furan rings is 1. The van der Waals surface area contributed by atoms with Crippen LogP contribution >= 0.6 is 11.3 Å². The highest BCUT2D eigenvalue weighted by atomic mass is 32.1. The Morgan fingerprint density at radius 1 is 1.06 bits per heavy atom. The number of carbonyl (C=O) groups is 1. The van der Waals surface area contributed by atoms with Crippen molar-refractivity contribution in [3.05, 3.63) is 66.1 Å². The molecule has 0 N–H and O–H groups in total. The second kappa shape index (κ2) is 9.32. The van der Waals surface area contributed by atoms with Crippen LogP contribution in [0.15, 0.2) is 59.2 Å². The molecule has 0 unspecified atom stereocenters. The third-order valence-electron chi connectivity index (χ3n) is 4.74. The molecule has 0 bridgehead atoms. The normalized spacial score (nSPS) is 11.0. The Hall–Kier alpha value is -3.52. The van der Waals surface area contributed by atoms with E-state index in [2.05, 4.69) is 0 Å². The first-order chi connectivity index (χ1) is 15.5. The van der Waals surface area contributed by atoms with Gasteiger partial charge in [-0.3, -0.25) is 9.69 Å². The minimum absolute atomic E-state index is 0.0553. The highest BCUT2D eigenvalue weighted by Crippen LogP contribution is 2.40. The summed E-state index contributed by atoms with van der Waals surface area (Å²) in [6, 6.07) is 14.3. The first-order valence-electron chi connectivity index (χ1n) is 10.1. The summed E-state index contributed by atoms with van der Waals surface area (Å²) in [4.78, 5) is 19.9. The van der Waals surface area contributed by atoms with E-state index in [1.165, 1.54) is 11.3 Å². The number of amides is 1. The second-order valence-electron chi connectivity index (χ2n) is 7.31. The summed E-state index contributed by atoms with van der Waals surface area (Å²) in [5.74, 6) is 2.45. The van der Waals surface area contributed by atoms with Gasteiger partial charge in [-0.2, -0.15) is 0 Å². The number of aromatic nitrogens is 1. The minimum atomic E-state index is -0.200. The molecule has 2 aromatic carbocycles. The van der Waals surface area contributed by atoms with E-state index in [0.29, 0.717) is 39.2 Å². The van der Waals surface area contributed by atoms with Crippen LogP contribution in [0.1, 0.15) is 30.0 Å². The Bertz CT molecular complexity index is 1160. The van der Waals surface area contributed by atoms with Crippen LogP contribution in [0.2, 0.25) is 0 Å². The fourth-order valence-corrected chi connectivity index (χ4v) is 4.35. The number of anilines is 1. The fraction of sp³-hybridized carbons (Fsp3) is 0.250. The first-order valence-corrected chi connectivity index (χ1v) is 10.9. The van der Waals surface area contributed by atoms with Crippen molar-refractivity contribution in [2.45, 2.75) is 26.5 Å². The lowest BCUT2D eigenvalue weighted by Gasteiger charge is -2.19. The number of rotatable bonds is 8. The zero-order valence-corrected chi connectivity index (χ0v) is 19.1. The molecular weight excluding hydrogens is 428 g/mol. The number of fused-ring (bicyclic) bond motifs is 1. The molecule has 0 fully saturated rings. The Kier molecular flexibility index (Phi) is 6.32. The lowest BCUT2D eigenvalue weighted by Crippen LogP contribution is -2.30. The number of hydrogen-bond acceptors (Lipinski definition) is 7. The molecule has 0 spiro atoms. The summed E-state index contributed by atoms with van der Waals surface area (Å²) in [6.45, 7) is 4.15. The Morgan fingerprint density at radius 2 is 1.78 bits per heavy atom. The monoisotopic (exact) mass is 452 g/mol. The summed E-state index contributed by atoms with van der Waals surface area (Å²) < 4.78 is 23.0. The third kappa shape index (κ3) is 4.40. The van der Waals surface area contributed by atoms with Gasteiger partial charge in [0.1, 0.15) is 33.2 Å². The molecule has 1 amide bonds. The van der Waals surface area contributed by atoms with Crippen LogP contribution in [-0.2, 0) is 6.54 Å². The number of hydrogen-bond donors (Lipinski definition) is 0. The van der Waals surface area contributed by atoms with Crippen molar-refractivity contribution in [2.75, 3.05) is 19.1 Å². The van der Waals surface area contributed by atoms with Crippen LogP contribution in [0.25, 0.3) is 10.2 Å². The predicted molar refractivity (Wildman–Crippen MR) is 124 cm³/mol. The van der Waals surface area contributed by atoms with E-state index in [1.807, 2.05) is 26.0 Å². The molecule has 0 aliphatic heterocycles. The summed E-state index contributed by atoms with van der Waals surface area (Å²) >= 11 is 1.37. The van der Waals surface area contributed by atoms with E-state index in [4.69, 9.17) is 23.6 Å². The Morgan fingerprint density at radius 3 is 2.41 bits per heavy atom. The quantitative estimate of drug-likeness (QED) is 0.349. The molecule has 2 heterocycles. The van der Waals surface area contributed by atoms with Crippen molar-refractivity contribution >= 4 is 32.6 Å². The van der Waals surface area contributed by atoms with Crippen LogP contribution in [0, 0.1) is 0 Å². The summed E-state index contributed by atoms with van der Waals surface area (Å²) in [6.07, 6.45) is 1.64. The van der Waals surface area contributed by atoms with E-state index >= 15 is 0 Å². The molecular formula is C24H24N2O5S. The van der Waals surface area contributed by atoms with Crippen molar-refractivity contribution in [1.82, 2.24) is 4.98 Å². The molecule has 0 saturated heterocycles. The summed E-state index contributed by atoms with van der Waals surface area (Å²) in [5, 5.41) is 0.520. The Balaban J connectivity index is 1.75. The van der Waals surface area contributed by atoms with Gasteiger partial charge in [0.05, 0.1) is 33.1 Å². The van der Waals surface area contributed by atoms with Gasteiger partial charge in [0.25, 0.3) is 5.91 Å². The lowest BCUT2D eigenvalue weighted by molar-refractivity contribution is 0.0983. The molecule has 0 aliphatic rings. The topological polar surface area (TPSA) is 74.0 Å². The van der Waals surface area contributed by atoms with E-state index in [0.717, 1.165) is 4.70 Å². The number of ether oxygens (including phenoxy) is 3. The van der Waals surface area contributed by atoms with Crippen molar-refractivity contribution in [1.29, 1.82) is 0 Å². The maximum atomic E-state index is 13.5. The van der Waals surface area contributed by atoms with Crippen LogP contribution < -0.4 is 19.1 Å². The smallest absolute Gasteiger partial charge is 0.260 e. The minimum Gasteiger partial charge on any atom is -0.495 e. The predicted octanol–water partition coefficient (Wildman–Crippen LogP) is 5.54. The summed E-state index contributed by atoms with van der Waals surface area (Å²) in [7, 11) is 3.19. The molecule has 7 nitrogen and oxygen atoms in total. The largest absolute Gasteiger partial charge is 0.495 e. The molecule has 0 saturated carbocycles. The van der Waals surface area contributed by atoms with Crippen LogP contribution in [0.4, 0.5) is 5.13 Å². The molecule has 0 radical (unpaired) electrons. The third-order valence-corrected chi connectivity index (χ3v) is 5.84. The molecule has 166 valence electrons. The fourth-order valence-electron chi connectivity index (χ4n) is 3.28. The zero-order chi connectivity index (χ0) is 22.7. The molecule has 0 atom stereocenters. The van der Waals surface area contributed by atoms with Crippen LogP contribution in [0.3, 0.4) is 0 Å². The average Bonchev–Trinajstić information content (AvgIpc) is 3.46. The van der Waals surface area contributed by atoms with Crippen molar-refractivity contribution in [3.8, 4) is 17.2 Å². The van der Waals surface area contributed by atoms with Gasteiger partial charge >= 0.3 is 0 Å². The van der Waals surface area contributed by atoms with E-state index in [-0.39, 0.29) is 18.6 Å². The van der Waals surface area contributed by atoms with E-state index in [9.17, 15) is 4.79 Å². The van der Waals surface area contributed by atoms with Gasteiger partial charge in [-0.1, -0.05) is 11.3 Å². The van der Waals surface area contributed by atoms with Crippen molar-refractivity contribution in [3.63, 3.8) is 0 Å². The summed E-state index contributed by atoms with van der Waals surface area (Å²) in [5.41, 5.74) is 1.16. The molecule has 4 aromatic rings. The molecule has 2 aromatic heterocycles. The highest BCUT2D eigenvalue weighted by molar-refractivity contribution is 7.22. The number of benzene rings is 2. The Labute approximate surface area is 190 Å². The number of carbonyl (C=O) groups excluding carboxylic acids is 1. The zero-order valence-electron chi connectivity index (χ0n) is 18.3. The number of thiazole rings is 1. The van der Waals surface area contributed by atoms with Crippen LogP contribution in [-0.4, -0.2) is 31.2 Å². The van der Waals surface area contributed by atoms with Gasteiger partial charge in [0.15, 0.2) is 5.13 Å². The lowest BCUT2D eigenvalue weighted by atomic mass is 10.2. The average molecular weight is 453 g/mol. The van der Waals surface area contributed by atoms with E-state index < -0.39 is 0 Å². The second-order valence-corrected chi connectivity index (χ2v) is 8.28.